The van der Waals surface area contributed by atoms with Crippen LogP contribution in [0.1, 0.15) is 30.1 Å². The number of nitrogens with one attached hydrogen (secondary N) is 1. The van der Waals surface area contributed by atoms with Crippen molar-refractivity contribution in [3.63, 3.8) is 0 Å². The summed E-state index contributed by atoms with van der Waals surface area (Å²) in [4.78, 5) is 14.8. The number of hydrogen-bond donors (Lipinski definition) is 1. The summed E-state index contributed by atoms with van der Waals surface area (Å²) in [5, 5.41) is 3.17. The number of ether oxygens (including phenoxy) is 2. The fourth-order valence-electron chi connectivity index (χ4n) is 3.93. The highest BCUT2D eigenvalue weighted by Crippen LogP contribution is 2.38. The predicted molar refractivity (Wildman–Crippen MR) is 123 cm³/mol. The maximum absolute atomic E-state index is 13.5. The topological polar surface area (TPSA) is 50.8 Å². The fraction of sp³-hybridized carbons (Fsp3) is 0.192. The quantitative estimate of drug-likeness (QED) is 0.356. The van der Waals surface area contributed by atoms with Gasteiger partial charge in [-0.25, -0.2) is 0 Å². The summed E-state index contributed by atoms with van der Waals surface area (Å²) in [5.41, 5.74) is 1.87. The highest BCUT2D eigenvalue weighted by atomic mass is 19.4. The number of amides is 1. The Bertz CT molecular complexity index is 1230. The lowest BCUT2D eigenvalue weighted by atomic mass is 10.1. The molecule has 5 nitrogen and oxygen atoms in total. The highest BCUT2D eigenvalue weighted by Gasteiger charge is 2.36. The van der Waals surface area contributed by atoms with Crippen LogP contribution in [0.4, 0.5) is 27.6 Å². The fourth-order valence-corrected chi connectivity index (χ4v) is 3.93. The smallest absolute Gasteiger partial charge is 0.435 e. The first-order valence-corrected chi connectivity index (χ1v) is 10.9. The highest BCUT2D eigenvalue weighted by molar-refractivity contribution is 6.09. The molecule has 0 spiro atoms. The molecule has 0 unspecified atom stereocenters. The number of hydrogen-bond acceptors (Lipinski definition) is 4. The van der Waals surface area contributed by atoms with Crippen molar-refractivity contribution in [3.05, 3.63) is 102 Å². The maximum Gasteiger partial charge on any atom is 0.573 e. The van der Waals surface area contributed by atoms with E-state index in [1.54, 1.807) is 12.1 Å². The van der Waals surface area contributed by atoms with Gasteiger partial charge >= 0.3 is 13.0 Å². The van der Waals surface area contributed by atoms with E-state index < -0.39 is 30.7 Å². The van der Waals surface area contributed by atoms with Gasteiger partial charge in [0, 0.05) is 11.7 Å². The Morgan fingerprint density at radius 3 is 2.25 bits per heavy atom. The second-order valence-electron chi connectivity index (χ2n) is 7.97. The van der Waals surface area contributed by atoms with Crippen LogP contribution in [-0.2, 0) is 4.79 Å². The van der Waals surface area contributed by atoms with Gasteiger partial charge in [0.1, 0.15) is 11.5 Å². The van der Waals surface area contributed by atoms with Crippen molar-refractivity contribution < 1.29 is 36.2 Å². The number of halogens is 5. The first-order chi connectivity index (χ1) is 17.1. The Kier molecular flexibility index (Phi) is 7.14. The summed E-state index contributed by atoms with van der Waals surface area (Å²) in [6, 6.07) is 19.1. The Hall–Kier alpha value is -4.08. The molecule has 0 aromatic heterocycles. The van der Waals surface area contributed by atoms with Crippen molar-refractivity contribution in [1.29, 1.82) is 0 Å². The molecule has 0 saturated carbocycles. The van der Waals surface area contributed by atoms with E-state index in [2.05, 4.69) is 14.8 Å². The lowest BCUT2D eigenvalue weighted by Crippen LogP contribution is -2.33. The van der Waals surface area contributed by atoms with E-state index in [0.29, 0.717) is 11.3 Å². The summed E-state index contributed by atoms with van der Waals surface area (Å²) in [5.74, 6) is -0.963. The lowest BCUT2D eigenvalue weighted by molar-refractivity contribution is -0.274. The van der Waals surface area contributed by atoms with Crippen molar-refractivity contribution >= 4 is 11.6 Å². The van der Waals surface area contributed by atoms with Crippen molar-refractivity contribution in [2.24, 2.45) is 0 Å². The van der Waals surface area contributed by atoms with Crippen LogP contribution in [0.2, 0.25) is 0 Å². The van der Waals surface area contributed by atoms with Crippen LogP contribution in [-0.4, -0.2) is 18.9 Å². The number of carbonyl (C=O) groups is 1. The van der Waals surface area contributed by atoms with Gasteiger partial charge in [-0.05, 0) is 60.5 Å². The molecule has 0 radical (unpaired) electrons. The molecule has 2 atom stereocenters. The van der Waals surface area contributed by atoms with Gasteiger partial charge in [-0.2, -0.15) is 8.78 Å². The van der Waals surface area contributed by atoms with Crippen LogP contribution in [0.25, 0.3) is 0 Å². The van der Waals surface area contributed by atoms with Crippen LogP contribution in [0.3, 0.4) is 0 Å². The maximum atomic E-state index is 13.5. The minimum Gasteiger partial charge on any atom is -0.435 e. The number of carbonyl (C=O) groups excluding carboxylic acids is 1. The zero-order valence-electron chi connectivity index (χ0n) is 18.9. The number of nitrogens with zero attached hydrogens (tertiary/aromatic N) is 1. The minimum absolute atomic E-state index is 0.0958. The molecule has 1 aliphatic rings. The third-order valence-corrected chi connectivity index (χ3v) is 5.50. The lowest BCUT2D eigenvalue weighted by Gasteiger charge is -2.26. The van der Waals surface area contributed by atoms with Crippen LogP contribution >= 0.6 is 0 Å². The molecule has 0 saturated heterocycles. The van der Waals surface area contributed by atoms with Crippen molar-refractivity contribution in [1.82, 2.24) is 5.32 Å². The van der Waals surface area contributed by atoms with Gasteiger partial charge in [0.2, 0.25) is 0 Å². The van der Waals surface area contributed by atoms with E-state index in [-0.39, 0.29) is 17.5 Å². The molecular weight excluding hydrogens is 483 g/mol. The third-order valence-electron chi connectivity index (χ3n) is 5.50. The molecule has 0 bridgehead atoms. The van der Waals surface area contributed by atoms with E-state index in [1.807, 2.05) is 37.3 Å². The number of rotatable bonds is 8. The molecule has 0 aliphatic carbocycles. The molecule has 3 aromatic carbocycles. The van der Waals surface area contributed by atoms with Gasteiger partial charge in [0.05, 0.1) is 11.7 Å². The molecular formula is C26H21F5N2O3. The van der Waals surface area contributed by atoms with Crippen LogP contribution in [0.15, 0.2) is 90.6 Å². The molecule has 4 rings (SSSR count). The Morgan fingerprint density at radius 1 is 0.917 bits per heavy atom. The molecule has 1 heterocycles. The van der Waals surface area contributed by atoms with Gasteiger partial charge in [0.15, 0.2) is 0 Å². The Morgan fingerprint density at radius 2 is 1.61 bits per heavy atom. The zero-order valence-corrected chi connectivity index (χ0v) is 18.9. The molecule has 1 aliphatic heterocycles. The van der Waals surface area contributed by atoms with Crippen molar-refractivity contribution in [2.75, 3.05) is 4.90 Å². The minimum atomic E-state index is -4.88. The van der Waals surface area contributed by atoms with E-state index >= 15 is 0 Å². The average Bonchev–Trinajstić information content (AvgIpc) is 3.15. The van der Waals surface area contributed by atoms with Crippen molar-refractivity contribution in [3.8, 4) is 11.5 Å². The molecule has 3 aromatic rings. The number of benzene rings is 3. The number of alkyl halides is 5. The van der Waals surface area contributed by atoms with E-state index in [9.17, 15) is 26.7 Å². The van der Waals surface area contributed by atoms with Crippen molar-refractivity contribution in [2.45, 2.75) is 32.0 Å². The van der Waals surface area contributed by atoms with Gasteiger partial charge < -0.3 is 14.8 Å². The second kappa shape index (κ2) is 10.3. The first-order valence-electron chi connectivity index (χ1n) is 10.9. The first kappa shape index (κ1) is 25.0. The standard InChI is InChI=1S/C26H21F5N2O3/c1-16(17-6-3-2-4-7-17)32-22-15-23(18-8-5-9-21(14-18)36-26(29,30)31)33(24(22)34)19-10-12-20(13-11-19)35-25(27)28/h2-16,23,25,32H,1H3/t16-,23+/m1/s1. The molecule has 10 heteroatoms. The van der Waals surface area contributed by atoms with Crippen LogP contribution in [0, 0.1) is 0 Å². The molecule has 1 N–H and O–H groups in total. The average molecular weight is 504 g/mol. The molecule has 0 fully saturated rings. The summed E-state index contributed by atoms with van der Waals surface area (Å²) in [6.45, 7) is -1.14. The van der Waals surface area contributed by atoms with Gasteiger partial charge in [-0.15, -0.1) is 13.2 Å². The molecule has 188 valence electrons. The monoisotopic (exact) mass is 504 g/mol. The van der Waals surface area contributed by atoms with Gasteiger partial charge in [-0.1, -0.05) is 42.5 Å². The molecule has 36 heavy (non-hydrogen) atoms. The van der Waals surface area contributed by atoms with Crippen LogP contribution in [0.5, 0.6) is 11.5 Å². The second-order valence-corrected chi connectivity index (χ2v) is 7.97. The van der Waals surface area contributed by atoms with Gasteiger partial charge in [0.25, 0.3) is 5.91 Å². The summed E-state index contributed by atoms with van der Waals surface area (Å²) >= 11 is 0. The third kappa shape index (κ3) is 5.94. The van der Waals surface area contributed by atoms with E-state index in [4.69, 9.17) is 0 Å². The zero-order chi connectivity index (χ0) is 25.9. The summed E-state index contributed by atoms with van der Waals surface area (Å²) in [7, 11) is 0. The SMILES string of the molecule is C[C@@H](NC1=C[C@@H](c2cccc(OC(F)(F)F)c2)N(c2ccc(OC(F)F)cc2)C1=O)c1ccccc1. The Labute approximate surface area is 203 Å². The normalized spacial score (nSPS) is 16.6. The largest absolute Gasteiger partial charge is 0.573 e. The van der Waals surface area contributed by atoms with E-state index in [0.717, 1.165) is 11.6 Å². The summed E-state index contributed by atoms with van der Waals surface area (Å²) in [6.07, 6.45) is -3.27. The predicted octanol–water partition coefficient (Wildman–Crippen LogP) is 6.51. The summed E-state index contributed by atoms with van der Waals surface area (Å²) < 4.78 is 71.8. The van der Waals surface area contributed by atoms with Gasteiger partial charge in [-0.3, -0.25) is 9.69 Å². The van der Waals surface area contributed by atoms with Crippen LogP contribution < -0.4 is 19.7 Å². The van der Waals surface area contributed by atoms with E-state index in [1.165, 1.54) is 41.3 Å². The number of anilines is 1. The Balaban J connectivity index is 1.68. The molecule has 1 amide bonds.